The van der Waals surface area contributed by atoms with Crippen molar-refractivity contribution in [1.29, 1.82) is 0 Å². The Hall–Kier alpha value is -2.04. The Balaban J connectivity index is 0.000000186. The van der Waals surface area contributed by atoms with Crippen LogP contribution in [0.15, 0.2) is 36.4 Å². The number of rotatable bonds is 3. The number of aromatic carboxylic acids is 1. The molecule has 2 aromatic carbocycles. The van der Waals surface area contributed by atoms with Crippen LogP contribution in [0.3, 0.4) is 0 Å². The second-order valence-electron chi connectivity index (χ2n) is 5.97. The highest BCUT2D eigenvalue weighted by Gasteiger charge is 2.24. The summed E-state index contributed by atoms with van der Waals surface area (Å²) in [6.07, 6.45) is 2.21. The van der Waals surface area contributed by atoms with Gasteiger partial charge in [-0.2, -0.15) is 0 Å². The summed E-state index contributed by atoms with van der Waals surface area (Å²) in [4.78, 5) is 22.2. The van der Waals surface area contributed by atoms with Gasteiger partial charge in [0.05, 0.1) is 5.56 Å². The summed E-state index contributed by atoms with van der Waals surface area (Å²) in [5.74, 6) is -0.947. The number of benzene rings is 2. The lowest BCUT2D eigenvalue weighted by atomic mass is 10.1. The average Bonchev–Trinajstić information content (AvgIpc) is 3.36. The maximum absolute atomic E-state index is 11.7. The zero-order chi connectivity index (χ0) is 18.6. The first-order valence-corrected chi connectivity index (χ1v) is 8.60. The Morgan fingerprint density at radius 3 is 1.88 bits per heavy atom. The summed E-state index contributed by atoms with van der Waals surface area (Å²) in [6, 6.07) is 10.6. The van der Waals surface area contributed by atoms with Gasteiger partial charge in [0, 0.05) is 21.7 Å². The standard InChI is InChI=1S/C11H12ClNO.C8H7ClO2/c1-7-2-3-8(12)6-10(7)11(14)13-9-4-5-9;1-5-2-3-6(9)4-7(5)8(10)11/h2-3,6,9H,4-5H2,1H3,(H,13,14);2-4H,1H3,(H,10,11). The molecule has 0 saturated heterocycles. The minimum atomic E-state index is -0.940. The third-order valence-corrected chi connectivity index (χ3v) is 4.26. The van der Waals surface area contributed by atoms with Gasteiger partial charge in [-0.1, -0.05) is 35.3 Å². The molecule has 132 valence electrons. The summed E-state index contributed by atoms with van der Waals surface area (Å²) < 4.78 is 0. The van der Waals surface area contributed by atoms with Crippen molar-refractivity contribution in [3.63, 3.8) is 0 Å². The number of hydrogen-bond acceptors (Lipinski definition) is 2. The van der Waals surface area contributed by atoms with Gasteiger partial charge in [0.1, 0.15) is 0 Å². The largest absolute Gasteiger partial charge is 0.478 e. The summed E-state index contributed by atoms with van der Waals surface area (Å²) in [5.41, 5.74) is 2.64. The van der Waals surface area contributed by atoms with Gasteiger partial charge in [0.15, 0.2) is 0 Å². The Bertz CT molecular complexity index is 801. The fourth-order valence-electron chi connectivity index (χ4n) is 2.15. The van der Waals surface area contributed by atoms with Crippen LogP contribution in [0.4, 0.5) is 0 Å². The molecule has 0 aromatic heterocycles. The van der Waals surface area contributed by atoms with Crippen LogP contribution in [-0.2, 0) is 0 Å². The third-order valence-electron chi connectivity index (χ3n) is 3.79. The second-order valence-corrected chi connectivity index (χ2v) is 6.84. The number of halogens is 2. The molecule has 25 heavy (non-hydrogen) atoms. The molecule has 1 amide bonds. The van der Waals surface area contributed by atoms with Crippen molar-refractivity contribution in [3.8, 4) is 0 Å². The molecule has 0 spiro atoms. The highest BCUT2D eigenvalue weighted by molar-refractivity contribution is 6.31. The molecule has 0 atom stereocenters. The molecule has 1 saturated carbocycles. The molecule has 0 heterocycles. The van der Waals surface area contributed by atoms with Crippen molar-refractivity contribution in [1.82, 2.24) is 5.32 Å². The number of carboxylic acid groups (broad SMARTS) is 1. The van der Waals surface area contributed by atoms with E-state index in [-0.39, 0.29) is 11.5 Å². The van der Waals surface area contributed by atoms with E-state index in [1.807, 2.05) is 13.0 Å². The minimum absolute atomic E-state index is 0.00694. The van der Waals surface area contributed by atoms with E-state index < -0.39 is 5.97 Å². The molecular formula is C19H19Cl2NO3. The lowest BCUT2D eigenvalue weighted by molar-refractivity contribution is 0.0695. The number of nitrogens with one attached hydrogen (secondary N) is 1. The van der Waals surface area contributed by atoms with Crippen LogP contribution in [0.1, 0.15) is 44.7 Å². The van der Waals surface area contributed by atoms with Crippen molar-refractivity contribution >= 4 is 35.1 Å². The van der Waals surface area contributed by atoms with Gasteiger partial charge < -0.3 is 10.4 Å². The van der Waals surface area contributed by atoms with Crippen molar-refractivity contribution in [2.75, 3.05) is 0 Å². The van der Waals surface area contributed by atoms with Gasteiger partial charge in [-0.25, -0.2) is 4.79 Å². The zero-order valence-electron chi connectivity index (χ0n) is 14.0. The third kappa shape index (κ3) is 5.76. The maximum Gasteiger partial charge on any atom is 0.336 e. The Labute approximate surface area is 156 Å². The van der Waals surface area contributed by atoms with E-state index in [1.54, 1.807) is 31.2 Å². The van der Waals surface area contributed by atoms with Gasteiger partial charge in [-0.05, 0) is 62.1 Å². The molecule has 3 rings (SSSR count). The first-order chi connectivity index (χ1) is 11.8. The quantitative estimate of drug-likeness (QED) is 0.797. The van der Waals surface area contributed by atoms with E-state index in [0.29, 0.717) is 21.7 Å². The van der Waals surface area contributed by atoms with Gasteiger partial charge in [-0.15, -0.1) is 0 Å². The molecule has 0 bridgehead atoms. The number of hydrogen-bond donors (Lipinski definition) is 2. The lowest BCUT2D eigenvalue weighted by Gasteiger charge is -2.06. The first kappa shape index (κ1) is 19.3. The predicted molar refractivity (Wildman–Crippen MR) is 99.8 cm³/mol. The van der Waals surface area contributed by atoms with Gasteiger partial charge in [0.2, 0.25) is 0 Å². The number of aryl methyl sites for hydroxylation is 2. The van der Waals surface area contributed by atoms with Crippen LogP contribution >= 0.6 is 23.2 Å². The monoisotopic (exact) mass is 379 g/mol. The molecule has 6 heteroatoms. The van der Waals surface area contributed by atoms with Gasteiger partial charge in [-0.3, -0.25) is 4.79 Å². The topological polar surface area (TPSA) is 66.4 Å². The van der Waals surface area contributed by atoms with Crippen molar-refractivity contribution in [2.24, 2.45) is 0 Å². The smallest absolute Gasteiger partial charge is 0.336 e. The average molecular weight is 380 g/mol. The molecule has 2 N–H and O–H groups in total. The lowest BCUT2D eigenvalue weighted by Crippen LogP contribution is -2.26. The fourth-order valence-corrected chi connectivity index (χ4v) is 2.50. The highest BCUT2D eigenvalue weighted by atomic mass is 35.5. The van der Waals surface area contributed by atoms with E-state index in [1.165, 1.54) is 6.07 Å². The number of carbonyl (C=O) groups excluding carboxylic acids is 1. The van der Waals surface area contributed by atoms with E-state index in [0.717, 1.165) is 24.0 Å². The van der Waals surface area contributed by atoms with Gasteiger partial charge in [0.25, 0.3) is 5.91 Å². The normalized spacial score (nSPS) is 12.8. The highest BCUT2D eigenvalue weighted by Crippen LogP contribution is 2.21. The summed E-state index contributed by atoms with van der Waals surface area (Å²) in [6.45, 7) is 3.65. The molecule has 1 aliphatic carbocycles. The fraction of sp³-hybridized carbons (Fsp3) is 0.263. The number of carbonyl (C=O) groups is 2. The Morgan fingerprint density at radius 1 is 0.960 bits per heavy atom. The molecule has 2 aromatic rings. The first-order valence-electron chi connectivity index (χ1n) is 7.84. The SMILES string of the molecule is Cc1ccc(Cl)cc1C(=O)NC1CC1.Cc1ccc(Cl)cc1C(=O)O. The number of carboxylic acids is 1. The van der Waals surface area contributed by atoms with E-state index in [4.69, 9.17) is 28.3 Å². The van der Waals surface area contributed by atoms with E-state index >= 15 is 0 Å². The van der Waals surface area contributed by atoms with Crippen LogP contribution in [0, 0.1) is 13.8 Å². The summed E-state index contributed by atoms with van der Waals surface area (Å²) in [5, 5.41) is 12.6. The van der Waals surface area contributed by atoms with Crippen LogP contribution in [0.5, 0.6) is 0 Å². The summed E-state index contributed by atoms with van der Waals surface area (Å²) >= 11 is 11.4. The zero-order valence-corrected chi connectivity index (χ0v) is 15.5. The molecule has 1 aliphatic rings. The van der Waals surface area contributed by atoms with Crippen LogP contribution in [0.2, 0.25) is 10.0 Å². The van der Waals surface area contributed by atoms with Crippen molar-refractivity contribution < 1.29 is 14.7 Å². The van der Waals surface area contributed by atoms with Crippen LogP contribution < -0.4 is 5.32 Å². The molecule has 0 unspecified atom stereocenters. The van der Waals surface area contributed by atoms with Crippen LogP contribution in [0.25, 0.3) is 0 Å². The predicted octanol–water partition coefficient (Wildman–Crippen LogP) is 4.89. The maximum atomic E-state index is 11.7. The Morgan fingerprint density at radius 2 is 1.44 bits per heavy atom. The van der Waals surface area contributed by atoms with E-state index in [2.05, 4.69) is 5.32 Å². The Kier molecular flexibility index (Phi) is 6.45. The van der Waals surface area contributed by atoms with Crippen molar-refractivity contribution in [2.45, 2.75) is 32.7 Å². The second kappa shape index (κ2) is 8.37. The van der Waals surface area contributed by atoms with Crippen molar-refractivity contribution in [3.05, 3.63) is 68.7 Å². The molecule has 0 aliphatic heterocycles. The van der Waals surface area contributed by atoms with Crippen LogP contribution in [-0.4, -0.2) is 23.0 Å². The molecule has 4 nitrogen and oxygen atoms in total. The molecule has 0 radical (unpaired) electrons. The molecular weight excluding hydrogens is 361 g/mol. The number of amides is 1. The van der Waals surface area contributed by atoms with E-state index in [9.17, 15) is 9.59 Å². The summed E-state index contributed by atoms with van der Waals surface area (Å²) in [7, 11) is 0. The van der Waals surface area contributed by atoms with Gasteiger partial charge >= 0.3 is 5.97 Å². The minimum Gasteiger partial charge on any atom is -0.478 e. The molecule has 1 fully saturated rings.